The Morgan fingerprint density at radius 3 is 2.42 bits per heavy atom. The first-order valence-corrected chi connectivity index (χ1v) is 8.93. The third kappa shape index (κ3) is 6.11. The summed E-state index contributed by atoms with van der Waals surface area (Å²) in [6.45, 7) is 0.301. The van der Waals surface area contributed by atoms with Crippen molar-refractivity contribution >= 4 is 0 Å². The number of hydrogen-bond acceptors (Lipinski definition) is 3. The Morgan fingerprint density at radius 1 is 1.04 bits per heavy atom. The van der Waals surface area contributed by atoms with E-state index in [0.717, 1.165) is 19.3 Å². The van der Waals surface area contributed by atoms with E-state index in [1.165, 1.54) is 25.0 Å². The van der Waals surface area contributed by atoms with Crippen molar-refractivity contribution < 1.29 is 31.8 Å². The highest BCUT2D eigenvalue weighted by Gasteiger charge is 2.35. The minimum absolute atomic E-state index is 0.0838. The van der Waals surface area contributed by atoms with Gasteiger partial charge in [0.05, 0.1) is 6.61 Å². The van der Waals surface area contributed by atoms with Gasteiger partial charge in [0.25, 0.3) is 0 Å². The van der Waals surface area contributed by atoms with Gasteiger partial charge in [0.2, 0.25) is 11.6 Å². The lowest BCUT2D eigenvalue weighted by Crippen LogP contribution is -2.19. The quantitative estimate of drug-likeness (QED) is 0.301. The largest absolute Gasteiger partial charge is 0.573 e. The molecular formula is C19H22F4O3. The Kier molecular flexibility index (Phi) is 5.94. The second-order valence-corrected chi connectivity index (χ2v) is 6.76. The van der Waals surface area contributed by atoms with Crippen LogP contribution in [0.1, 0.15) is 38.5 Å². The third-order valence-corrected chi connectivity index (χ3v) is 4.32. The minimum atomic E-state index is -5.02. The molecule has 0 unspecified atom stereocenters. The zero-order valence-corrected chi connectivity index (χ0v) is 14.4. The van der Waals surface area contributed by atoms with E-state index in [9.17, 15) is 17.6 Å². The van der Waals surface area contributed by atoms with Crippen LogP contribution in [0.3, 0.4) is 0 Å². The monoisotopic (exact) mass is 374 g/mol. The van der Waals surface area contributed by atoms with E-state index in [1.54, 1.807) is 6.08 Å². The summed E-state index contributed by atoms with van der Waals surface area (Å²) in [6.07, 6.45) is 5.00. The average Bonchev–Trinajstić information content (AvgIpc) is 3.46. The van der Waals surface area contributed by atoms with Crippen molar-refractivity contribution in [2.45, 2.75) is 44.9 Å². The summed E-state index contributed by atoms with van der Waals surface area (Å²) in [6, 6.07) is 2.51. The Labute approximate surface area is 149 Å². The Hall–Kier alpha value is -1.92. The van der Waals surface area contributed by atoms with Crippen LogP contribution in [0.5, 0.6) is 17.2 Å². The lowest BCUT2D eigenvalue weighted by atomic mass is 10.2. The molecule has 3 rings (SSSR count). The van der Waals surface area contributed by atoms with E-state index in [4.69, 9.17) is 9.47 Å². The number of rotatable bonds is 10. The number of benzene rings is 1. The van der Waals surface area contributed by atoms with Gasteiger partial charge in [0.1, 0.15) is 6.61 Å². The number of halogens is 4. The predicted octanol–water partition coefficient (Wildman–Crippen LogP) is 5.64. The van der Waals surface area contributed by atoms with Crippen LogP contribution in [0.2, 0.25) is 0 Å². The molecule has 0 atom stereocenters. The summed E-state index contributed by atoms with van der Waals surface area (Å²) in [5.41, 5.74) is 0. The van der Waals surface area contributed by atoms with Gasteiger partial charge in [-0.1, -0.05) is 25.0 Å². The first-order chi connectivity index (χ1) is 12.4. The molecule has 0 N–H and O–H groups in total. The van der Waals surface area contributed by atoms with Crippen molar-refractivity contribution in [1.82, 2.24) is 0 Å². The first-order valence-electron chi connectivity index (χ1n) is 8.93. The average molecular weight is 374 g/mol. The van der Waals surface area contributed by atoms with Crippen LogP contribution in [0, 0.1) is 17.7 Å². The molecule has 144 valence electrons. The number of ether oxygens (including phenoxy) is 3. The molecule has 2 aliphatic rings. The van der Waals surface area contributed by atoms with Crippen molar-refractivity contribution in [2.75, 3.05) is 13.2 Å². The molecule has 0 heterocycles. The van der Waals surface area contributed by atoms with Crippen LogP contribution in [0.4, 0.5) is 17.6 Å². The van der Waals surface area contributed by atoms with Gasteiger partial charge >= 0.3 is 6.36 Å². The van der Waals surface area contributed by atoms with Crippen molar-refractivity contribution in [3.05, 3.63) is 30.1 Å². The maximum atomic E-state index is 14.5. The zero-order valence-electron chi connectivity index (χ0n) is 14.4. The van der Waals surface area contributed by atoms with Crippen LogP contribution in [0.25, 0.3) is 0 Å². The van der Waals surface area contributed by atoms with E-state index in [-0.39, 0.29) is 24.7 Å². The van der Waals surface area contributed by atoms with Crippen LogP contribution in [-0.2, 0) is 0 Å². The third-order valence-electron chi connectivity index (χ3n) is 4.32. The van der Waals surface area contributed by atoms with Crippen LogP contribution < -0.4 is 14.2 Å². The minimum Gasteiger partial charge on any atom is -0.490 e. The maximum absolute atomic E-state index is 14.5. The van der Waals surface area contributed by atoms with Crippen molar-refractivity contribution in [3.8, 4) is 17.2 Å². The molecule has 0 bridgehead atoms. The van der Waals surface area contributed by atoms with E-state index in [1.807, 2.05) is 6.08 Å². The van der Waals surface area contributed by atoms with Gasteiger partial charge in [-0.05, 0) is 49.7 Å². The Balaban J connectivity index is 1.64. The van der Waals surface area contributed by atoms with Crippen LogP contribution in [0.15, 0.2) is 24.3 Å². The van der Waals surface area contributed by atoms with E-state index >= 15 is 0 Å². The fraction of sp³-hybridized carbons (Fsp3) is 0.579. The molecule has 0 aliphatic heterocycles. The van der Waals surface area contributed by atoms with Crippen LogP contribution >= 0.6 is 0 Å². The topological polar surface area (TPSA) is 27.7 Å². The van der Waals surface area contributed by atoms with E-state index in [0.29, 0.717) is 18.3 Å². The highest BCUT2D eigenvalue weighted by molar-refractivity contribution is 5.47. The molecule has 2 fully saturated rings. The van der Waals surface area contributed by atoms with E-state index < -0.39 is 17.9 Å². The molecule has 2 saturated carbocycles. The lowest BCUT2D eigenvalue weighted by Gasteiger charge is -2.16. The highest BCUT2D eigenvalue weighted by Crippen LogP contribution is 2.40. The fourth-order valence-electron chi connectivity index (χ4n) is 2.59. The molecule has 0 spiro atoms. The molecule has 1 aromatic carbocycles. The predicted molar refractivity (Wildman–Crippen MR) is 87.9 cm³/mol. The molecule has 2 aliphatic carbocycles. The summed E-state index contributed by atoms with van der Waals surface area (Å²) in [5.74, 6) is -1.51. The van der Waals surface area contributed by atoms with E-state index in [2.05, 4.69) is 4.74 Å². The molecular weight excluding hydrogens is 352 g/mol. The van der Waals surface area contributed by atoms with Gasteiger partial charge in [0.15, 0.2) is 11.5 Å². The standard InChI is InChI=1S/C19H22F4O3/c20-17-15(24-11-1-3-13-5-6-13)9-10-16(18(17)26-19(21,22)23)25-12-2-4-14-7-8-14/h1,3,9-10,13-14H,2,4-8,11-12H2/b3-1+. The number of alkyl halides is 3. The van der Waals surface area contributed by atoms with Gasteiger partial charge < -0.3 is 14.2 Å². The molecule has 0 saturated heterocycles. The molecule has 7 heteroatoms. The molecule has 1 aromatic rings. The second-order valence-electron chi connectivity index (χ2n) is 6.76. The van der Waals surface area contributed by atoms with Gasteiger partial charge in [-0.2, -0.15) is 4.39 Å². The molecule has 0 aromatic heterocycles. The SMILES string of the molecule is Fc1c(OC/C=C/C2CC2)ccc(OCCCC2CC2)c1OC(F)(F)F. The van der Waals surface area contributed by atoms with Crippen molar-refractivity contribution in [3.63, 3.8) is 0 Å². The molecule has 3 nitrogen and oxygen atoms in total. The van der Waals surface area contributed by atoms with Crippen LogP contribution in [-0.4, -0.2) is 19.6 Å². The highest BCUT2D eigenvalue weighted by atomic mass is 19.4. The zero-order chi connectivity index (χ0) is 18.6. The summed E-state index contributed by atoms with van der Waals surface area (Å²) in [4.78, 5) is 0. The van der Waals surface area contributed by atoms with Crippen molar-refractivity contribution in [1.29, 1.82) is 0 Å². The first kappa shape index (κ1) is 18.9. The summed E-state index contributed by atoms with van der Waals surface area (Å²) >= 11 is 0. The van der Waals surface area contributed by atoms with Gasteiger partial charge in [-0.15, -0.1) is 13.2 Å². The van der Waals surface area contributed by atoms with Crippen molar-refractivity contribution in [2.24, 2.45) is 11.8 Å². The summed E-state index contributed by atoms with van der Waals surface area (Å²) in [7, 11) is 0. The van der Waals surface area contributed by atoms with Gasteiger partial charge in [-0.25, -0.2) is 0 Å². The Bertz CT molecular complexity index is 634. The molecule has 26 heavy (non-hydrogen) atoms. The summed E-state index contributed by atoms with van der Waals surface area (Å²) in [5, 5.41) is 0. The second kappa shape index (κ2) is 8.18. The normalized spacial score (nSPS) is 17.5. The summed E-state index contributed by atoms with van der Waals surface area (Å²) < 4.78 is 66.8. The molecule has 0 radical (unpaired) electrons. The van der Waals surface area contributed by atoms with Gasteiger partial charge in [-0.3, -0.25) is 0 Å². The Morgan fingerprint density at radius 2 is 1.77 bits per heavy atom. The molecule has 0 amide bonds. The number of hydrogen-bond donors (Lipinski definition) is 0. The maximum Gasteiger partial charge on any atom is 0.573 e. The smallest absolute Gasteiger partial charge is 0.490 e. The van der Waals surface area contributed by atoms with Gasteiger partial charge in [0, 0.05) is 0 Å². The lowest BCUT2D eigenvalue weighted by molar-refractivity contribution is -0.276. The number of allylic oxidation sites excluding steroid dienone is 1. The fourth-order valence-corrected chi connectivity index (χ4v) is 2.59.